The van der Waals surface area contributed by atoms with E-state index in [4.69, 9.17) is 5.11 Å². The van der Waals surface area contributed by atoms with Crippen LogP contribution in [0.3, 0.4) is 0 Å². The van der Waals surface area contributed by atoms with Gasteiger partial charge in [0.25, 0.3) is 0 Å². The molecule has 1 aromatic carbocycles. The van der Waals surface area contributed by atoms with Crippen molar-refractivity contribution in [2.45, 2.75) is 51.2 Å². The fourth-order valence-electron chi connectivity index (χ4n) is 2.07. The standard InChI is InChI=1S/C16H20F3NO3/c1-2-3-4-11-5-7-12(8-6-11)9-14(21)20-13(15(22)23)10-16(17,18)19/h5-8,13H,2-4,9-10H2,1H3,(H,20,21)(H,22,23). The highest BCUT2D eigenvalue weighted by atomic mass is 19.4. The number of amides is 1. The number of carbonyl (C=O) groups excluding carboxylic acids is 1. The number of carboxylic acid groups (broad SMARTS) is 1. The van der Waals surface area contributed by atoms with Gasteiger partial charge in [0.2, 0.25) is 5.91 Å². The van der Waals surface area contributed by atoms with E-state index in [2.05, 4.69) is 6.92 Å². The van der Waals surface area contributed by atoms with Crippen LogP contribution in [0.5, 0.6) is 0 Å². The Kier molecular flexibility index (Phi) is 7.06. The number of nitrogens with one attached hydrogen (secondary N) is 1. The smallest absolute Gasteiger partial charge is 0.391 e. The van der Waals surface area contributed by atoms with Gasteiger partial charge in [0.05, 0.1) is 12.8 Å². The molecule has 0 aliphatic carbocycles. The van der Waals surface area contributed by atoms with Crippen LogP contribution in [0.25, 0.3) is 0 Å². The fraction of sp³-hybridized carbons (Fsp3) is 0.500. The Morgan fingerprint density at radius 2 is 1.74 bits per heavy atom. The molecular weight excluding hydrogens is 311 g/mol. The summed E-state index contributed by atoms with van der Waals surface area (Å²) in [5, 5.41) is 10.7. The van der Waals surface area contributed by atoms with E-state index in [9.17, 15) is 22.8 Å². The van der Waals surface area contributed by atoms with Crippen LogP contribution in [-0.4, -0.2) is 29.2 Å². The maximum absolute atomic E-state index is 12.3. The molecule has 4 nitrogen and oxygen atoms in total. The molecule has 0 aromatic heterocycles. The fourth-order valence-corrected chi connectivity index (χ4v) is 2.07. The molecule has 0 spiro atoms. The lowest BCUT2D eigenvalue weighted by Gasteiger charge is -2.16. The second kappa shape index (κ2) is 8.55. The summed E-state index contributed by atoms with van der Waals surface area (Å²) in [4.78, 5) is 22.5. The summed E-state index contributed by atoms with van der Waals surface area (Å²) < 4.78 is 36.8. The highest BCUT2D eigenvalue weighted by molar-refractivity contribution is 5.84. The lowest BCUT2D eigenvalue weighted by Crippen LogP contribution is -2.44. The largest absolute Gasteiger partial charge is 0.480 e. The first kappa shape index (κ1) is 19.0. The van der Waals surface area contributed by atoms with Crippen LogP contribution in [0.2, 0.25) is 0 Å². The number of benzene rings is 1. The number of hydrogen-bond acceptors (Lipinski definition) is 2. The summed E-state index contributed by atoms with van der Waals surface area (Å²) in [6.07, 6.45) is -3.36. The lowest BCUT2D eigenvalue weighted by atomic mass is 10.0. The molecule has 0 aliphatic rings. The number of alkyl halides is 3. The Hall–Kier alpha value is -2.05. The molecule has 1 unspecified atom stereocenters. The SMILES string of the molecule is CCCCc1ccc(CC(=O)NC(CC(F)(F)F)C(=O)O)cc1. The maximum Gasteiger partial charge on any atom is 0.391 e. The van der Waals surface area contributed by atoms with Gasteiger partial charge in [-0.3, -0.25) is 4.79 Å². The van der Waals surface area contributed by atoms with Gasteiger partial charge in [-0.2, -0.15) is 13.2 Å². The van der Waals surface area contributed by atoms with Crippen molar-refractivity contribution in [3.05, 3.63) is 35.4 Å². The molecule has 0 radical (unpaired) electrons. The number of aliphatic carboxylic acids is 1. The molecule has 128 valence electrons. The summed E-state index contributed by atoms with van der Waals surface area (Å²) in [7, 11) is 0. The van der Waals surface area contributed by atoms with Crippen LogP contribution in [0.4, 0.5) is 13.2 Å². The number of carbonyl (C=O) groups is 2. The van der Waals surface area contributed by atoms with Gasteiger partial charge in [-0.15, -0.1) is 0 Å². The predicted molar refractivity (Wildman–Crippen MR) is 79.0 cm³/mol. The van der Waals surface area contributed by atoms with Crippen LogP contribution in [0, 0.1) is 0 Å². The molecule has 0 aliphatic heterocycles. The van der Waals surface area contributed by atoms with E-state index < -0.39 is 30.5 Å². The van der Waals surface area contributed by atoms with Crippen molar-refractivity contribution >= 4 is 11.9 Å². The number of hydrogen-bond donors (Lipinski definition) is 2. The van der Waals surface area contributed by atoms with Gasteiger partial charge in [0.15, 0.2) is 0 Å². The van der Waals surface area contributed by atoms with Crippen molar-refractivity contribution in [3.8, 4) is 0 Å². The molecule has 1 aromatic rings. The molecule has 0 fully saturated rings. The quantitative estimate of drug-likeness (QED) is 0.769. The number of carboxylic acids is 1. The van der Waals surface area contributed by atoms with Crippen LogP contribution in [-0.2, 0) is 22.4 Å². The minimum absolute atomic E-state index is 0.157. The zero-order valence-corrected chi connectivity index (χ0v) is 12.8. The van der Waals surface area contributed by atoms with Crippen molar-refractivity contribution in [2.75, 3.05) is 0 Å². The molecule has 1 rings (SSSR count). The monoisotopic (exact) mass is 331 g/mol. The number of rotatable bonds is 8. The van der Waals surface area contributed by atoms with Crippen molar-refractivity contribution in [1.29, 1.82) is 0 Å². The zero-order valence-electron chi connectivity index (χ0n) is 12.8. The third-order valence-electron chi connectivity index (χ3n) is 3.28. The average molecular weight is 331 g/mol. The van der Waals surface area contributed by atoms with E-state index in [1.54, 1.807) is 12.1 Å². The van der Waals surface area contributed by atoms with Gasteiger partial charge in [-0.05, 0) is 24.0 Å². The zero-order chi connectivity index (χ0) is 17.5. The third-order valence-corrected chi connectivity index (χ3v) is 3.28. The number of unbranched alkanes of at least 4 members (excludes halogenated alkanes) is 1. The first-order valence-corrected chi connectivity index (χ1v) is 7.38. The average Bonchev–Trinajstić information content (AvgIpc) is 2.44. The highest BCUT2D eigenvalue weighted by Gasteiger charge is 2.36. The Bertz CT molecular complexity index is 526. The topological polar surface area (TPSA) is 66.4 Å². The molecule has 7 heteroatoms. The van der Waals surface area contributed by atoms with Gasteiger partial charge in [0.1, 0.15) is 6.04 Å². The molecule has 2 N–H and O–H groups in total. The van der Waals surface area contributed by atoms with E-state index in [1.807, 2.05) is 17.4 Å². The second-order valence-corrected chi connectivity index (χ2v) is 5.37. The molecule has 0 heterocycles. The Labute approximate surface area is 132 Å². The maximum atomic E-state index is 12.3. The van der Waals surface area contributed by atoms with Crippen molar-refractivity contribution in [1.82, 2.24) is 5.32 Å². The summed E-state index contributed by atoms with van der Waals surface area (Å²) in [5.41, 5.74) is 1.75. The first-order valence-electron chi connectivity index (χ1n) is 7.38. The first-order chi connectivity index (χ1) is 10.7. The van der Waals surface area contributed by atoms with E-state index in [-0.39, 0.29) is 6.42 Å². The summed E-state index contributed by atoms with van der Waals surface area (Å²) in [5.74, 6) is -2.45. The molecule has 23 heavy (non-hydrogen) atoms. The number of halogens is 3. The van der Waals surface area contributed by atoms with E-state index in [0.717, 1.165) is 24.8 Å². The molecule has 1 atom stereocenters. The van der Waals surface area contributed by atoms with Crippen molar-refractivity contribution in [2.24, 2.45) is 0 Å². The minimum atomic E-state index is -4.66. The van der Waals surface area contributed by atoms with Crippen molar-refractivity contribution in [3.63, 3.8) is 0 Å². The van der Waals surface area contributed by atoms with E-state index in [1.165, 1.54) is 0 Å². The lowest BCUT2D eigenvalue weighted by molar-refractivity contribution is -0.159. The van der Waals surface area contributed by atoms with Gasteiger partial charge in [-0.1, -0.05) is 37.6 Å². The van der Waals surface area contributed by atoms with Gasteiger partial charge < -0.3 is 10.4 Å². The van der Waals surface area contributed by atoms with Gasteiger partial charge >= 0.3 is 12.1 Å². The van der Waals surface area contributed by atoms with E-state index >= 15 is 0 Å². The van der Waals surface area contributed by atoms with Crippen LogP contribution >= 0.6 is 0 Å². The predicted octanol–water partition coefficient (Wildman–Crippen LogP) is 3.09. The van der Waals surface area contributed by atoms with Gasteiger partial charge in [-0.25, -0.2) is 4.79 Å². The minimum Gasteiger partial charge on any atom is -0.480 e. The van der Waals surface area contributed by atoms with Crippen LogP contribution in [0.15, 0.2) is 24.3 Å². The molecule has 0 bridgehead atoms. The highest BCUT2D eigenvalue weighted by Crippen LogP contribution is 2.21. The molecule has 1 amide bonds. The summed E-state index contributed by atoms with van der Waals surface area (Å²) >= 11 is 0. The van der Waals surface area contributed by atoms with E-state index in [0.29, 0.717) is 5.56 Å². The third kappa shape index (κ3) is 7.67. The van der Waals surface area contributed by atoms with Gasteiger partial charge in [0, 0.05) is 0 Å². The van der Waals surface area contributed by atoms with Crippen molar-refractivity contribution < 1.29 is 27.9 Å². The summed E-state index contributed by atoms with van der Waals surface area (Å²) in [6, 6.07) is 5.21. The van der Waals surface area contributed by atoms with Crippen LogP contribution in [0.1, 0.15) is 37.3 Å². The normalized spacial score (nSPS) is 12.7. The molecular formula is C16H20F3NO3. The number of aryl methyl sites for hydroxylation is 1. The Morgan fingerprint density at radius 3 is 2.22 bits per heavy atom. The second-order valence-electron chi connectivity index (χ2n) is 5.37. The van der Waals surface area contributed by atoms with Crippen LogP contribution < -0.4 is 5.32 Å². The molecule has 0 saturated carbocycles. The Morgan fingerprint density at radius 1 is 1.17 bits per heavy atom. The Balaban J connectivity index is 2.58. The summed E-state index contributed by atoms with van der Waals surface area (Å²) in [6.45, 7) is 2.08. The molecule has 0 saturated heterocycles.